The van der Waals surface area contributed by atoms with Crippen molar-refractivity contribution >= 4 is 11.7 Å². The van der Waals surface area contributed by atoms with Crippen molar-refractivity contribution in [1.29, 1.82) is 0 Å². The first kappa shape index (κ1) is 26.2. The molecule has 0 aliphatic heterocycles. The molecule has 2 saturated carbocycles. The lowest BCUT2D eigenvalue weighted by Crippen LogP contribution is -2.35. The molecule has 1 aromatic rings. The third-order valence-corrected chi connectivity index (χ3v) is 7.26. The average molecular weight is 470 g/mol. The maximum absolute atomic E-state index is 12.6. The molecule has 0 saturated heterocycles. The first-order valence-corrected chi connectivity index (χ1v) is 13.1. The maximum atomic E-state index is 12.6. The lowest BCUT2D eigenvalue weighted by molar-refractivity contribution is 0.0874. The molecule has 0 atom stereocenters. The number of hydrogen-bond acceptors (Lipinski definition) is 4. The summed E-state index contributed by atoms with van der Waals surface area (Å²) in [5, 5.41) is 0. The molecule has 34 heavy (non-hydrogen) atoms. The summed E-state index contributed by atoms with van der Waals surface area (Å²) in [6, 6.07) is 0.297. The molecule has 0 N–H and O–H groups in total. The van der Waals surface area contributed by atoms with Crippen LogP contribution < -0.4 is 0 Å². The van der Waals surface area contributed by atoms with Crippen LogP contribution >= 0.6 is 0 Å². The van der Waals surface area contributed by atoms with E-state index in [0.717, 1.165) is 60.3 Å². The van der Waals surface area contributed by atoms with Crippen molar-refractivity contribution in [3.05, 3.63) is 52.7 Å². The van der Waals surface area contributed by atoms with E-state index < -0.39 is 0 Å². The van der Waals surface area contributed by atoms with E-state index in [1.807, 2.05) is 14.0 Å². The Balaban J connectivity index is 1.72. The lowest BCUT2D eigenvalue weighted by Gasteiger charge is -2.25. The van der Waals surface area contributed by atoms with Gasteiger partial charge in [-0.15, -0.1) is 0 Å². The van der Waals surface area contributed by atoms with Crippen LogP contribution in [0.1, 0.15) is 102 Å². The van der Waals surface area contributed by atoms with Gasteiger partial charge in [0, 0.05) is 24.2 Å². The Kier molecular flexibility index (Phi) is 9.91. The SMILES string of the molecule is CC/C=C(C)/C(=C\C=C(/C)c1coc(C)c1COC(=O)N(C)C1CCCC1)OC1CCCCC1. The summed E-state index contributed by atoms with van der Waals surface area (Å²) in [6.45, 7) is 8.46. The van der Waals surface area contributed by atoms with E-state index in [1.54, 1.807) is 11.2 Å². The van der Waals surface area contributed by atoms with Crippen molar-refractivity contribution in [3.8, 4) is 0 Å². The molecule has 0 aromatic carbocycles. The van der Waals surface area contributed by atoms with Gasteiger partial charge in [-0.2, -0.15) is 0 Å². The second-order valence-electron chi connectivity index (χ2n) is 9.84. The normalized spacial score (nSPS) is 18.9. The number of hydrogen-bond donors (Lipinski definition) is 0. The second kappa shape index (κ2) is 12.9. The first-order chi connectivity index (χ1) is 16.4. The lowest BCUT2D eigenvalue weighted by atomic mass is 9.97. The van der Waals surface area contributed by atoms with Crippen LogP contribution in [-0.2, 0) is 16.1 Å². The Morgan fingerprint density at radius 3 is 2.44 bits per heavy atom. The molecule has 2 aliphatic rings. The van der Waals surface area contributed by atoms with Gasteiger partial charge in [0.1, 0.15) is 18.1 Å². The zero-order chi connectivity index (χ0) is 24.5. The molecule has 0 radical (unpaired) electrons. The summed E-state index contributed by atoms with van der Waals surface area (Å²) in [4.78, 5) is 14.3. The van der Waals surface area contributed by atoms with E-state index >= 15 is 0 Å². The van der Waals surface area contributed by atoms with Gasteiger partial charge in [-0.25, -0.2) is 4.79 Å². The van der Waals surface area contributed by atoms with Crippen LogP contribution in [0.2, 0.25) is 0 Å². The van der Waals surface area contributed by atoms with Crippen molar-refractivity contribution in [3.63, 3.8) is 0 Å². The molecular weight excluding hydrogens is 426 g/mol. The number of amides is 1. The average Bonchev–Trinajstić information content (AvgIpc) is 3.50. The van der Waals surface area contributed by atoms with Crippen molar-refractivity contribution < 1.29 is 18.7 Å². The first-order valence-electron chi connectivity index (χ1n) is 13.1. The van der Waals surface area contributed by atoms with Crippen molar-refractivity contribution in [2.24, 2.45) is 0 Å². The van der Waals surface area contributed by atoms with E-state index in [9.17, 15) is 4.79 Å². The number of furan rings is 1. The zero-order valence-corrected chi connectivity index (χ0v) is 21.8. The van der Waals surface area contributed by atoms with Gasteiger partial charge < -0.3 is 18.8 Å². The second-order valence-corrected chi connectivity index (χ2v) is 9.84. The standard InChI is InChI=1S/C29H43NO4/c1-6-12-22(3)28(34-25-15-8-7-9-16-25)18-17-21(2)26-19-32-23(4)27(26)20-33-29(31)30(5)24-13-10-11-14-24/h12,17-19,24-25H,6-11,13-16,20H2,1-5H3/b21-17+,22-12+,28-18+. The largest absolute Gasteiger partial charge is 0.490 e. The number of nitrogens with zero attached hydrogens (tertiary/aromatic N) is 1. The van der Waals surface area contributed by atoms with Crippen molar-refractivity contribution in [2.45, 2.75) is 111 Å². The van der Waals surface area contributed by atoms with Gasteiger partial charge in [0.25, 0.3) is 0 Å². The summed E-state index contributed by atoms with van der Waals surface area (Å²) in [6.07, 6.45) is 19.7. The molecular formula is C29H43NO4. The molecule has 188 valence electrons. The summed E-state index contributed by atoms with van der Waals surface area (Å²) < 4.78 is 17.8. The predicted molar refractivity (Wildman–Crippen MR) is 137 cm³/mol. The maximum Gasteiger partial charge on any atom is 0.410 e. The summed E-state index contributed by atoms with van der Waals surface area (Å²) in [5.74, 6) is 1.73. The highest BCUT2D eigenvalue weighted by atomic mass is 16.6. The Morgan fingerprint density at radius 1 is 1.09 bits per heavy atom. The molecule has 5 nitrogen and oxygen atoms in total. The van der Waals surface area contributed by atoms with Crippen LogP contribution in [0.4, 0.5) is 4.79 Å². The number of aryl methyl sites for hydroxylation is 1. The number of allylic oxidation sites excluding steroid dienone is 5. The van der Waals surface area contributed by atoms with Crippen LogP contribution in [0.3, 0.4) is 0 Å². The van der Waals surface area contributed by atoms with E-state index in [2.05, 4.69) is 39.0 Å². The smallest absolute Gasteiger partial charge is 0.410 e. The minimum atomic E-state index is -0.261. The summed E-state index contributed by atoms with van der Waals surface area (Å²) in [7, 11) is 1.84. The molecule has 1 heterocycles. The van der Waals surface area contributed by atoms with Crippen LogP contribution in [0.5, 0.6) is 0 Å². The molecule has 2 fully saturated rings. The molecule has 1 aromatic heterocycles. The Labute approximate surface area is 205 Å². The Morgan fingerprint density at radius 2 is 1.76 bits per heavy atom. The van der Waals surface area contributed by atoms with Gasteiger partial charge in [-0.05, 0) is 82.9 Å². The topological polar surface area (TPSA) is 51.9 Å². The van der Waals surface area contributed by atoms with Gasteiger partial charge in [0.2, 0.25) is 0 Å². The molecule has 3 rings (SSSR count). The summed E-state index contributed by atoms with van der Waals surface area (Å²) in [5.41, 5.74) is 4.12. The molecule has 5 heteroatoms. The third kappa shape index (κ3) is 7.04. The summed E-state index contributed by atoms with van der Waals surface area (Å²) >= 11 is 0. The fraction of sp³-hybridized carbons (Fsp3) is 0.621. The minimum Gasteiger partial charge on any atom is -0.490 e. The highest BCUT2D eigenvalue weighted by Gasteiger charge is 2.25. The molecule has 2 aliphatic carbocycles. The van der Waals surface area contributed by atoms with Crippen LogP contribution in [0, 0.1) is 6.92 Å². The van der Waals surface area contributed by atoms with Gasteiger partial charge in [-0.3, -0.25) is 0 Å². The fourth-order valence-electron chi connectivity index (χ4n) is 4.99. The third-order valence-electron chi connectivity index (χ3n) is 7.26. The predicted octanol–water partition coefficient (Wildman–Crippen LogP) is 8.09. The minimum absolute atomic E-state index is 0.211. The fourth-order valence-corrected chi connectivity index (χ4v) is 4.99. The van der Waals surface area contributed by atoms with Gasteiger partial charge in [-0.1, -0.05) is 38.3 Å². The number of ether oxygens (including phenoxy) is 2. The van der Waals surface area contributed by atoms with Gasteiger partial charge in [0.15, 0.2) is 0 Å². The van der Waals surface area contributed by atoms with E-state index in [0.29, 0.717) is 12.1 Å². The van der Waals surface area contributed by atoms with Gasteiger partial charge in [0.05, 0.1) is 12.4 Å². The molecule has 0 unspecified atom stereocenters. The van der Waals surface area contributed by atoms with Crippen LogP contribution in [0.15, 0.2) is 40.2 Å². The van der Waals surface area contributed by atoms with Crippen LogP contribution in [-0.4, -0.2) is 30.2 Å². The van der Waals surface area contributed by atoms with Crippen LogP contribution in [0.25, 0.3) is 5.57 Å². The van der Waals surface area contributed by atoms with E-state index in [-0.39, 0.29) is 12.7 Å². The van der Waals surface area contributed by atoms with Crippen molar-refractivity contribution in [1.82, 2.24) is 4.90 Å². The number of carbonyl (C=O) groups excluding carboxylic acids is 1. The number of rotatable bonds is 9. The Bertz CT molecular complexity index is 895. The monoisotopic (exact) mass is 469 g/mol. The van der Waals surface area contributed by atoms with E-state index in [4.69, 9.17) is 13.9 Å². The quantitative estimate of drug-likeness (QED) is 0.271. The van der Waals surface area contributed by atoms with E-state index in [1.165, 1.54) is 37.7 Å². The zero-order valence-electron chi connectivity index (χ0n) is 21.8. The van der Waals surface area contributed by atoms with Crippen molar-refractivity contribution in [2.75, 3.05) is 7.05 Å². The number of carbonyl (C=O) groups is 1. The highest BCUT2D eigenvalue weighted by molar-refractivity contribution is 5.70. The van der Waals surface area contributed by atoms with Gasteiger partial charge >= 0.3 is 6.09 Å². The molecule has 0 spiro atoms. The Hall–Kier alpha value is -2.43. The molecule has 1 amide bonds. The highest BCUT2D eigenvalue weighted by Crippen LogP contribution is 2.28. The molecule has 0 bridgehead atoms.